The van der Waals surface area contributed by atoms with Gasteiger partial charge in [-0.2, -0.15) is 4.98 Å². The Hall–Kier alpha value is -2.08. The van der Waals surface area contributed by atoms with Crippen LogP contribution in [-0.4, -0.2) is 47.0 Å². The van der Waals surface area contributed by atoms with Crippen LogP contribution >= 0.6 is 11.6 Å². The Morgan fingerprint density at radius 3 is 3.17 bits per heavy atom. The van der Waals surface area contributed by atoms with Crippen molar-refractivity contribution in [3.8, 4) is 17.1 Å². The molecule has 0 radical (unpaired) electrons. The summed E-state index contributed by atoms with van der Waals surface area (Å²) in [7, 11) is 1.62. The summed E-state index contributed by atoms with van der Waals surface area (Å²) >= 11 is 5.67. The number of benzene rings is 1. The molecular formula is C17H20ClN3O3. The van der Waals surface area contributed by atoms with Crippen molar-refractivity contribution in [1.82, 2.24) is 15.0 Å². The minimum atomic E-state index is 0.0740. The van der Waals surface area contributed by atoms with E-state index >= 15 is 0 Å². The van der Waals surface area contributed by atoms with Gasteiger partial charge in [0.05, 0.1) is 13.0 Å². The van der Waals surface area contributed by atoms with Crippen molar-refractivity contribution < 1.29 is 14.1 Å². The van der Waals surface area contributed by atoms with Crippen LogP contribution < -0.4 is 4.74 Å². The molecule has 6 nitrogen and oxygen atoms in total. The van der Waals surface area contributed by atoms with Gasteiger partial charge in [0.2, 0.25) is 17.6 Å². The number of hydrogen-bond donors (Lipinski definition) is 0. The standard InChI is InChI=1S/C17H20ClN3O3/c1-23-14-6-2-4-12(10-14)16-19-17(24-20-16)13-5-3-9-21(11-13)15(22)7-8-18/h2,4,6,10,13H,3,5,7-9,11H2,1H3. The van der Waals surface area contributed by atoms with Crippen molar-refractivity contribution in [2.75, 3.05) is 26.1 Å². The number of hydrogen-bond acceptors (Lipinski definition) is 5. The number of carbonyl (C=O) groups excluding carboxylic acids is 1. The smallest absolute Gasteiger partial charge is 0.231 e. The van der Waals surface area contributed by atoms with Crippen LogP contribution in [-0.2, 0) is 4.79 Å². The van der Waals surface area contributed by atoms with Crippen LogP contribution in [0.4, 0.5) is 0 Å². The first-order chi connectivity index (χ1) is 11.7. The number of ether oxygens (including phenoxy) is 1. The first kappa shape index (κ1) is 16.8. The molecule has 0 N–H and O–H groups in total. The molecule has 7 heteroatoms. The largest absolute Gasteiger partial charge is 0.497 e. The van der Waals surface area contributed by atoms with Gasteiger partial charge in [0.1, 0.15) is 5.75 Å². The quantitative estimate of drug-likeness (QED) is 0.776. The maximum atomic E-state index is 12.0. The third kappa shape index (κ3) is 3.70. The van der Waals surface area contributed by atoms with Gasteiger partial charge in [-0.25, -0.2) is 0 Å². The van der Waals surface area contributed by atoms with Gasteiger partial charge in [0.15, 0.2) is 0 Å². The molecule has 0 bridgehead atoms. The number of likely N-dealkylation sites (tertiary alicyclic amines) is 1. The van der Waals surface area contributed by atoms with Crippen LogP contribution in [0.15, 0.2) is 28.8 Å². The maximum absolute atomic E-state index is 12.0. The molecule has 128 valence electrons. The predicted octanol–water partition coefficient (Wildman–Crippen LogP) is 3.08. The predicted molar refractivity (Wildman–Crippen MR) is 90.2 cm³/mol. The molecule has 0 spiro atoms. The molecule has 2 heterocycles. The molecule has 1 atom stereocenters. The lowest BCUT2D eigenvalue weighted by Crippen LogP contribution is -2.39. The fourth-order valence-corrected chi connectivity index (χ4v) is 3.09. The Morgan fingerprint density at radius 1 is 1.50 bits per heavy atom. The number of methoxy groups -OCH3 is 1. The average Bonchev–Trinajstić information content (AvgIpc) is 3.12. The van der Waals surface area contributed by atoms with Crippen molar-refractivity contribution in [2.45, 2.75) is 25.2 Å². The van der Waals surface area contributed by atoms with Gasteiger partial charge in [-0.05, 0) is 25.0 Å². The molecule has 1 aromatic heterocycles. The first-order valence-corrected chi connectivity index (χ1v) is 8.56. The van der Waals surface area contributed by atoms with Gasteiger partial charge < -0.3 is 14.2 Å². The molecular weight excluding hydrogens is 330 g/mol. The number of aromatic nitrogens is 2. The van der Waals surface area contributed by atoms with Crippen molar-refractivity contribution in [1.29, 1.82) is 0 Å². The van der Waals surface area contributed by atoms with Gasteiger partial charge in [0, 0.05) is 31.0 Å². The molecule has 0 aliphatic carbocycles. The lowest BCUT2D eigenvalue weighted by molar-refractivity contribution is -0.132. The summed E-state index contributed by atoms with van der Waals surface area (Å²) in [5.41, 5.74) is 0.843. The third-order valence-corrected chi connectivity index (χ3v) is 4.39. The highest BCUT2D eigenvalue weighted by Crippen LogP contribution is 2.28. The Kier molecular flexibility index (Phi) is 5.35. The number of amides is 1. The second kappa shape index (κ2) is 7.66. The third-order valence-electron chi connectivity index (χ3n) is 4.20. The molecule has 1 saturated heterocycles. The fraction of sp³-hybridized carbons (Fsp3) is 0.471. The molecule has 2 aromatic rings. The molecule has 1 aliphatic rings. The zero-order valence-electron chi connectivity index (χ0n) is 13.6. The second-order valence-corrected chi connectivity index (χ2v) is 6.18. The van der Waals surface area contributed by atoms with Crippen LogP contribution in [0, 0.1) is 0 Å². The number of halogens is 1. The van der Waals surface area contributed by atoms with E-state index in [4.69, 9.17) is 20.9 Å². The van der Waals surface area contributed by atoms with Crippen molar-refractivity contribution in [2.24, 2.45) is 0 Å². The molecule has 24 heavy (non-hydrogen) atoms. The lowest BCUT2D eigenvalue weighted by atomic mass is 9.97. The number of nitrogens with zero attached hydrogens (tertiary/aromatic N) is 3. The fourth-order valence-electron chi connectivity index (χ4n) is 2.92. The van der Waals surface area contributed by atoms with E-state index in [0.717, 1.165) is 30.7 Å². The van der Waals surface area contributed by atoms with Crippen LogP contribution in [0.3, 0.4) is 0 Å². The molecule has 1 aliphatic heterocycles. The van der Waals surface area contributed by atoms with Gasteiger partial charge in [-0.1, -0.05) is 17.3 Å². The minimum absolute atomic E-state index is 0.0740. The van der Waals surface area contributed by atoms with Crippen molar-refractivity contribution in [3.63, 3.8) is 0 Å². The van der Waals surface area contributed by atoms with E-state index in [0.29, 0.717) is 30.6 Å². The van der Waals surface area contributed by atoms with E-state index in [1.54, 1.807) is 7.11 Å². The van der Waals surface area contributed by atoms with E-state index in [9.17, 15) is 4.79 Å². The van der Waals surface area contributed by atoms with Crippen LogP contribution in [0.5, 0.6) is 5.75 Å². The highest BCUT2D eigenvalue weighted by molar-refractivity contribution is 6.18. The van der Waals surface area contributed by atoms with Crippen LogP contribution in [0.25, 0.3) is 11.4 Å². The van der Waals surface area contributed by atoms with E-state index in [1.807, 2.05) is 29.2 Å². The Bertz CT molecular complexity index is 704. The first-order valence-electron chi connectivity index (χ1n) is 8.03. The van der Waals surface area contributed by atoms with Crippen LogP contribution in [0.1, 0.15) is 31.1 Å². The number of carbonyl (C=O) groups is 1. The normalized spacial score (nSPS) is 17.8. The highest BCUT2D eigenvalue weighted by atomic mass is 35.5. The summed E-state index contributed by atoms with van der Waals surface area (Å²) in [6, 6.07) is 7.53. The summed E-state index contributed by atoms with van der Waals surface area (Å²) in [4.78, 5) is 18.4. The van der Waals surface area contributed by atoms with Gasteiger partial charge in [-0.15, -0.1) is 11.6 Å². The van der Waals surface area contributed by atoms with Gasteiger partial charge in [-0.3, -0.25) is 4.79 Å². The minimum Gasteiger partial charge on any atom is -0.497 e. The Labute approximate surface area is 145 Å². The Morgan fingerprint density at radius 2 is 2.38 bits per heavy atom. The van der Waals surface area contributed by atoms with Crippen molar-refractivity contribution >= 4 is 17.5 Å². The number of rotatable bonds is 5. The van der Waals surface area contributed by atoms with E-state index in [-0.39, 0.29) is 11.8 Å². The number of alkyl halides is 1. The zero-order chi connectivity index (χ0) is 16.9. The number of piperidine rings is 1. The molecule has 0 saturated carbocycles. The van der Waals surface area contributed by atoms with Gasteiger partial charge >= 0.3 is 0 Å². The summed E-state index contributed by atoms with van der Waals surface area (Å²) in [5.74, 6) is 2.37. The summed E-state index contributed by atoms with van der Waals surface area (Å²) in [6.45, 7) is 1.37. The maximum Gasteiger partial charge on any atom is 0.231 e. The molecule has 3 rings (SSSR count). The average molecular weight is 350 g/mol. The molecule has 1 fully saturated rings. The van der Waals surface area contributed by atoms with Crippen LogP contribution in [0.2, 0.25) is 0 Å². The molecule has 1 amide bonds. The molecule has 1 aromatic carbocycles. The van der Waals surface area contributed by atoms with E-state index in [1.165, 1.54) is 0 Å². The molecule has 1 unspecified atom stereocenters. The zero-order valence-corrected chi connectivity index (χ0v) is 14.3. The summed E-state index contributed by atoms with van der Waals surface area (Å²) in [5, 5.41) is 4.08. The van der Waals surface area contributed by atoms with E-state index in [2.05, 4.69) is 10.1 Å². The second-order valence-electron chi connectivity index (χ2n) is 5.81. The van der Waals surface area contributed by atoms with Gasteiger partial charge in [0.25, 0.3) is 0 Å². The highest BCUT2D eigenvalue weighted by Gasteiger charge is 2.28. The monoisotopic (exact) mass is 349 g/mol. The topological polar surface area (TPSA) is 68.5 Å². The SMILES string of the molecule is COc1cccc(-c2noc(C3CCCN(C(=O)CCCl)C3)n2)c1. The lowest BCUT2D eigenvalue weighted by Gasteiger charge is -2.30. The summed E-state index contributed by atoms with van der Waals surface area (Å²) in [6.07, 6.45) is 2.23. The van der Waals surface area contributed by atoms with Crippen molar-refractivity contribution in [3.05, 3.63) is 30.2 Å². The van der Waals surface area contributed by atoms with E-state index < -0.39 is 0 Å². The summed E-state index contributed by atoms with van der Waals surface area (Å²) < 4.78 is 10.7. The Balaban J connectivity index is 1.74.